The molecule has 2 aliphatic heterocycles. The zero-order valence-electron chi connectivity index (χ0n) is 65.6. The number of carbonyl (C=O) groups excluding carboxylic acids is 4. The summed E-state index contributed by atoms with van der Waals surface area (Å²) in [6.07, 6.45) is 53.8. The SMILES string of the molecule is C/C=C/[C@H](O)C(C)(C)[C@@H]1C\C=C/C=C\C=C\[C@H](OC)C(/C2=C/C=C/[C@@H]3C[C@@H]3/C=C\C[C@@H](C(C)(C)[C@@H](O)/C=C/C)OC(=O)c3csc(n3)C[C@@H](OC)/C=C/C=C\C=C/C[C@@H](C(C)(C)[C@@H](O)/C=C/C)OC(=O)c3csc2n3)c2nc(co2)C(=O)O[C@H](C(C)(C)[C@@H](O)/C=C/C)C/C=C\[C@H]2C[C@H]2/C=C/C=C\c2nc(co2)C(=O)O1. The number of aliphatic hydroxyl groups excluding tert-OH is 4. The van der Waals surface area contributed by atoms with Gasteiger partial charge in [0.2, 0.25) is 11.8 Å². The van der Waals surface area contributed by atoms with E-state index in [4.69, 9.17) is 47.2 Å². The molecule has 6 heterocycles. The summed E-state index contributed by atoms with van der Waals surface area (Å²) in [5.41, 5.74) is -3.46. The first kappa shape index (κ1) is 86.7. The van der Waals surface area contributed by atoms with Crippen LogP contribution in [0.25, 0.3) is 11.6 Å². The van der Waals surface area contributed by atoms with Crippen LogP contribution in [0.5, 0.6) is 0 Å². The van der Waals surface area contributed by atoms with Gasteiger partial charge < -0.3 is 57.7 Å². The molecular weight excluding hydrogens is 1430 g/mol. The van der Waals surface area contributed by atoms with E-state index in [0.29, 0.717) is 28.4 Å². The van der Waals surface area contributed by atoms with Crippen molar-refractivity contribution in [2.75, 3.05) is 14.2 Å². The summed E-state index contributed by atoms with van der Waals surface area (Å²) in [5.74, 6) is -3.10. The van der Waals surface area contributed by atoms with Crippen LogP contribution in [0, 0.1) is 45.3 Å². The molecule has 4 N–H and O–H groups in total. The van der Waals surface area contributed by atoms with E-state index in [1.54, 1.807) is 130 Å². The van der Waals surface area contributed by atoms with Crippen molar-refractivity contribution in [2.45, 2.75) is 195 Å². The number of rotatable bonds is 15. The van der Waals surface area contributed by atoms with Crippen LogP contribution in [-0.2, 0) is 34.8 Å². The molecular formula is C88H110N4O16S2. The van der Waals surface area contributed by atoms with Crippen LogP contribution < -0.4 is 0 Å². The third kappa shape index (κ3) is 23.8. The van der Waals surface area contributed by atoms with Crippen molar-refractivity contribution in [2.24, 2.45) is 45.3 Å². The van der Waals surface area contributed by atoms with Gasteiger partial charge in [-0.1, -0.05) is 238 Å². The number of aliphatic hydroxyl groups is 4. The Morgan fingerprint density at radius 2 is 0.873 bits per heavy atom. The van der Waals surface area contributed by atoms with Gasteiger partial charge in [0, 0.05) is 90.4 Å². The highest BCUT2D eigenvalue weighted by Gasteiger charge is 2.44. The fourth-order valence-electron chi connectivity index (χ4n) is 12.7. The van der Waals surface area contributed by atoms with Gasteiger partial charge in [0.1, 0.15) is 41.9 Å². The van der Waals surface area contributed by atoms with Crippen molar-refractivity contribution in [1.29, 1.82) is 0 Å². The summed E-state index contributed by atoms with van der Waals surface area (Å²) >= 11 is 2.50. The largest absolute Gasteiger partial charge is 0.457 e. The number of thiazole rings is 2. The molecule has 15 atom stereocenters. The molecule has 0 spiro atoms. The molecule has 8 bridgehead atoms. The lowest BCUT2D eigenvalue weighted by atomic mass is 9.79. The summed E-state index contributed by atoms with van der Waals surface area (Å²) in [5, 5.41) is 50.2. The van der Waals surface area contributed by atoms with Gasteiger partial charge >= 0.3 is 23.9 Å². The molecule has 22 heteroatoms. The average molecular weight is 1540 g/mol. The van der Waals surface area contributed by atoms with Crippen molar-refractivity contribution in [3.05, 3.63) is 250 Å². The van der Waals surface area contributed by atoms with Crippen LogP contribution in [0.15, 0.2) is 214 Å². The zero-order chi connectivity index (χ0) is 79.8. The highest BCUT2D eigenvalue weighted by Crippen LogP contribution is 2.45. The molecule has 2 aliphatic carbocycles. The van der Waals surface area contributed by atoms with Crippen LogP contribution in [0.4, 0.5) is 0 Å². The van der Waals surface area contributed by atoms with Crippen LogP contribution in [0.2, 0.25) is 0 Å². The normalized spacial score (nSPS) is 29.4. The lowest BCUT2D eigenvalue weighted by Crippen LogP contribution is -2.42. The van der Waals surface area contributed by atoms with Crippen molar-refractivity contribution in [3.8, 4) is 0 Å². The van der Waals surface area contributed by atoms with Gasteiger partial charge in [0.15, 0.2) is 22.8 Å². The van der Waals surface area contributed by atoms with E-state index in [1.807, 2.05) is 135 Å². The summed E-state index contributed by atoms with van der Waals surface area (Å²) in [7, 11) is 3.12. The Balaban J connectivity index is 1.23. The van der Waals surface area contributed by atoms with Gasteiger partial charge in [-0.15, -0.1) is 22.7 Å². The van der Waals surface area contributed by atoms with Crippen LogP contribution in [0.1, 0.15) is 191 Å². The Bertz CT molecular complexity index is 4230. The number of oxazole rings is 2. The topological polar surface area (TPSA) is 282 Å². The Morgan fingerprint density at radius 1 is 0.455 bits per heavy atom. The summed E-state index contributed by atoms with van der Waals surface area (Å²) in [6, 6.07) is 0. The fraction of sp³-hybridized carbons (Fsp3) is 0.455. The van der Waals surface area contributed by atoms with Gasteiger partial charge in [-0.25, -0.2) is 39.1 Å². The number of cyclic esters (lactones) is 4. The minimum Gasteiger partial charge on any atom is -0.457 e. The average Bonchev–Trinajstić information content (AvgIpc) is 1.58. The molecule has 0 saturated heterocycles. The first-order chi connectivity index (χ1) is 52.6. The second kappa shape index (κ2) is 40.9. The maximum atomic E-state index is 14.8. The Labute approximate surface area is 656 Å². The minimum atomic E-state index is -1.01. The molecule has 8 rings (SSSR count). The second-order valence-electron chi connectivity index (χ2n) is 30.3. The molecule has 4 aliphatic rings. The van der Waals surface area contributed by atoms with Gasteiger partial charge in [-0.05, 0) is 64.2 Å². The highest BCUT2D eigenvalue weighted by molar-refractivity contribution is 7.11. The van der Waals surface area contributed by atoms with Gasteiger partial charge in [0.25, 0.3) is 0 Å². The highest BCUT2D eigenvalue weighted by atomic mass is 32.1. The number of ether oxygens (including phenoxy) is 6. The number of allylic oxidation sites excluding steroid dienone is 20. The molecule has 2 saturated carbocycles. The minimum absolute atomic E-state index is 0.0178. The number of nitrogens with zero attached hydrogens (tertiary/aromatic N) is 4. The molecule has 2 fully saturated rings. The molecule has 4 aromatic heterocycles. The molecule has 0 aromatic carbocycles. The van der Waals surface area contributed by atoms with Crippen LogP contribution in [0.3, 0.4) is 0 Å². The summed E-state index contributed by atoms with van der Waals surface area (Å²) in [6.45, 7) is 21.9. The third-order valence-corrected chi connectivity index (χ3v) is 22.5. The monoisotopic (exact) mass is 1540 g/mol. The molecule has 590 valence electrons. The number of fused-ring (bicyclic) bond motifs is 10. The van der Waals surface area contributed by atoms with E-state index in [1.165, 1.54) is 42.3 Å². The summed E-state index contributed by atoms with van der Waals surface area (Å²) < 4.78 is 49.5. The molecule has 4 aromatic rings. The number of carbonyl (C=O) groups is 4. The standard InChI is InChI=1S/C88H110N4O16S2/c1-15-34-68(93)85(5,6)72-45-28-24-20-22-26-44-67(102-14)78(79-91-64(54-104-79)82(98)106-74(87(9,10)70(95)36-17-3)47-32-40-59-50-57(59)38-29-30-49-76-89-63(53-103-76)81(97)105-72)62-43-31-39-58-51-60(58)41-33-48-75(88(11,12)71(96)37-18-4)108-83(99)65-55-109-77(90-65)52-61(101-13)42-25-21-19-23-27-46-73(86(7,8)69(94)35-16-2)107-84(100)66-56-110-80(62)92-66/h15-44,49,53-61,67-75,78,93-96H,45-48,50-52H2,1-14H3/b21-19-,22-20-,27-23-,28-24-,34-15+,35-16+,36-17+,37-18+,38-29+,39-31+,40-32-,41-33-,42-25+,44-26+,49-30-,62-43-/t57-,58-,59+,60+,61+,67+,68+,69+,70+,71+,72+,73+,74+,75+,78?/m1/s1. The maximum Gasteiger partial charge on any atom is 0.360 e. The third-order valence-electron chi connectivity index (χ3n) is 20.8. The van der Waals surface area contributed by atoms with Gasteiger partial charge in [-0.3, -0.25) is 0 Å². The molecule has 0 amide bonds. The maximum absolute atomic E-state index is 14.8. The van der Waals surface area contributed by atoms with E-state index < -0.39 is 106 Å². The van der Waals surface area contributed by atoms with Gasteiger partial charge in [0.05, 0.1) is 47.5 Å². The van der Waals surface area contributed by atoms with Crippen LogP contribution >= 0.6 is 22.7 Å². The van der Waals surface area contributed by atoms with Crippen molar-refractivity contribution >= 4 is 58.2 Å². The number of methoxy groups -OCH3 is 2. The Kier molecular flexibility index (Phi) is 32.3. The molecule has 20 nitrogen and oxygen atoms in total. The molecule has 110 heavy (non-hydrogen) atoms. The Hall–Kier alpha value is -8.84. The molecule has 1 unspecified atom stereocenters. The lowest BCUT2D eigenvalue weighted by molar-refractivity contribution is -0.0461. The smallest absolute Gasteiger partial charge is 0.360 e. The Morgan fingerprint density at radius 3 is 1.36 bits per heavy atom. The van der Waals surface area contributed by atoms with Crippen molar-refractivity contribution in [1.82, 2.24) is 19.9 Å². The summed E-state index contributed by atoms with van der Waals surface area (Å²) in [4.78, 5) is 76.4. The number of esters is 4. The predicted molar refractivity (Wildman–Crippen MR) is 431 cm³/mol. The van der Waals surface area contributed by atoms with E-state index in [9.17, 15) is 39.6 Å². The number of aromatic nitrogens is 4. The van der Waals surface area contributed by atoms with E-state index in [0.717, 1.165) is 12.8 Å². The van der Waals surface area contributed by atoms with E-state index >= 15 is 0 Å². The zero-order valence-corrected chi connectivity index (χ0v) is 67.2. The van der Waals surface area contributed by atoms with E-state index in [-0.39, 0.29) is 83.6 Å². The fourth-order valence-corrected chi connectivity index (χ4v) is 14.3. The first-order valence-corrected chi connectivity index (χ1v) is 39.4. The lowest BCUT2D eigenvalue weighted by Gasteiger charge is -2.36. The van der Waals surface area contributed by atoms with Gasteiger partial charge in [-0.2, -0.15) is 0 Å². The molecule has 0 radical (unpaired) electrons. The number of hydrogen-bond acceptors (Lipinski definition) is 22. The van der Waals surface area contributed by atoms with Crippen LogP contribution in [-0.4, -0.2) is 139 Å². The van der Waals surface area contributed by atoms with E-state index in [2.05, 4.69) is 34.3 Å². The number of hydrogen-bond donors (Lipinski definition) is 4. The van der Waals surface area contributed by atoms with Crippen molar-refractivity contribution in [3.63, 3.8) is 0 Å². The second-order valence-corrected chi connectivity index (χ2v) is 32.1. The predicted octanol–water partition coefficient (Wildman–Crippen LogP) is 17.1. The van der Waals surface area contributed by atoms with Crippen molar-refractivity contribution < 1.29 is 76.9 Å². The first-order valence-electron chi connectivity index (χ1n) is 37.6. The quantitative estimate of drug-likeness (QED) is 0.0489.